The average molecular weight is 391 g/mol. The first-order chi connectivity index (χ1) is 14.3. The molecule has 1 amide bonds. The number of anilines is 1. The zero-order valence-electron chi connectivity index (χ0n) is 15.8. The van der Waals surface area contributed by atoms with Crippen molar-refractivity contribution in [1.29, 1.82) is 0 Å². The van der Waals surface area contributed by atoms with Gasteiger partial charge in [-0.1, -0.05) is 30.3 Å². The molecule has 148 valence electrons. The van der Waals surface area contributed by atoms with Gasteiger partial charge in [-0.3, -0.25) is 4.79 Å². The molecule has 0 spiro atoms. The van der Waals surface area contributed by atoms with E-state index in [2.05, 4.69) is 5.32 Å². The fraction of sp³-hybridized carbons (Fsp3) is 0.174. The number of carbonyl (C=O) groups is 1. The van der Waals surface area contributed by atoms with Gasteiger partial charge in [-0.05, 0) is 42.0 Å². The highest BCUT2D eigenvalue weighted by molar-refractivity contribution is 5.92. The summed E-state index contributed by atoms with van der Waals surface area (Å²) >= 11 is 0. The molecule has 1 aliphatic rings. The molecule has 3 aromatic carbocycles. The van der Waals surface area contributed by atoms with E-state index in [1.165, 1.54) is 0 Å². The minimum absolute atomic E-state index is 0.0986. The Morgan fingerprint density at radius 3 is 2.28 bits per heavy atom. The Kier molecular flexibility index (Phi) is 5.81. The van der Waals surface area contributed by atoms with Gasteiger partial charge in [0.15, 0.2) is 18.1 Å². The van der Waals surface area contributed by atoms with Crippen molar-refractivity contribution in [3.05, 3.63) is 78.4 Å². The predicted molar refractivity (Wildman–Crippen MR) is 109 cm³/mol. The quantitative estimate of drug-likeness (QED) is 0.658. The molecule has 0 atom stereocenters. The van der Waals surface area contributed by atoms with Gasteiger partial charge in [-0.25, -0.2) is 0 Å². The SMILES string of the molecule is O=C(COc1ccc(OCc2ccccc2)cc1)Nc1ccc2c(c1)OCCO2. The molecular formula is C23H21NO5. The normalized spacial score (nSPS) is 12.1. The molecule has 0 unspecified atom stereocenters. The molecule has 0 aliphatic carbocycles. The largest absolute Gasteiger partial charge is 0.489 e. The Labute approximate surface area is 169 Å². The van der Waals surface area contributed by atoms with Crippen LogP contribution >= 0.6 is 0 Å². The molecule has 1 N–H and O–H groups in total. The second kappa shape index (κ2) is 9.01. The molecule has 0 radical (unpaired) electrons. The summed E-state index contributed by atoms with van der Waals surface area (Å²) in [5.41, 5.74) is 1.73. The summed E-state index contributed by atoms with van der Waals surface area (Å²) in [6.07, 6.45) is 0. The molecule has 0 saturated carbocycles. The van der Waals surface area contributed by atoms with Gasteiger partial charge >= 0.3 is 0 Å². The molecule has 6 nitrogen and oxygen atoms in total. The van der Waals surface area contributed by atoms with Crippen LogP contribution in [0.15, 0.2) is 72.8 Å². The maximum Gasteiger partial charge on any atom is 0.262 e. The molecular weight excluding hydrogens is 370 g/mol. The van der Waals surface area contributed by atoms with Gasteiger partial charge in [-0.2, -0.15) is 0 Å². The summed E-state index contributed by atoms with van der Waals surface area (Å²) in [4.78, 5) is 12.1. The van der Waals surface area contributed by atoms with Gasteiger partial charge in [0.2, 0.25) is 0 Å². The fourth-order valence-electron chi connectivity index (χ4n) is 2.84. The van der Waals surface area contributed by atoms with Crippen molar-refractivity contribution >= 4 is 11.6 Å². The van der Waals surface area contributed by atoms with Gasteiger partial charge in [0, 0.05) is 11.8 Å². The number of rotatable bonds is 7. The van der Waals surface area contributed by atoms with Crippen molar-refractivity contribution in [3.8, 4) is 23.0 Å². The van der Waals surface area contributed by atoms with Crippen LogP contribution in [0, 0.1) is 0 Å². The van der Waals surface area contributed by atoms with E-state index in [0.29, 0.717) is 42.8 Å². The summed E-state index contributed by atoms with van der Waals surface area (Å²) in [6.45, 7) is 1.43. The molecule has 0 bridgehead atoms. The Bertz CT molecular complexity index is 957. The van der Waals surface area contributed by atoms with Crippen molar-refractivity contribution in [3.63, 3.8) is 0 Å². The van der Waals surface area contributed by atoms with E-state index >= 15 is 0 Å². The third kappa shape index (κ3) is 5.19. The Balaban J connectivity index is 1.25. The summed E-state index contributed by atoms with van der Waals surface area (Å²) in [7, 11) is 0. The lowest BCUT2D eigenvalue weighted by molar-refractivity contribution is -0.118. The van der Waals surface area contributed by atoms with Gasteiger partial charge in [0.05, 0.1) is 0 Å². The standard InChI is InChI=1S/C23H21NO5/c25-23(24-18-6-11-21-22(14-18)27-13-12-26-21)16-29-20-9-7-19(8-10-20)28-15-17-4-2-1-3-5-17/h1-11,14H,12-13,15-16H2,(H,24,25). The minimum Gasteiger partial charge on any atom is -0.489 e. The second-order valence-electron chi connectivity index (χ2n) is 6.44. The van der Waals surface area contributed by atoms with E-state index in [4.69, 9.17) is 18.9 Å². The van der Waals surface area contributed by atoms with Crippen LogP contribution < -0.4 is 24.3 Å². The molecule has 4 rings (SSSR count). The fourth-order valence-corrected chi connectivity index (χ4v) is 2.84. The molecule has 0 saturated heterocycles. The second-order valence-corrected chi connectivity index (χ2v) is 6.44. The Morgan fingerprint density at radius 2 is 1.52 bits per heavy atom. The van der Waals surface area contributed by atoms with Crippen LogP contribution in [0.3, 0.4) is 0 Å². The zero-order valence-corrected chi connectivity index (χ0v) is 15.8. The Morgan fingerprint density at radius 1 is 0.828 bits per heavy atom. The maximum absolute atomic E-state index is 12.1. The zero-order chi connectivity index (χ0) is 19.9. The number of fused-ring (bicyclic) bond motifs is 1. The van der Waals surface area contributed by atoms with E-state index in [9.17, 15) is 4.79 Å². The van der Waals surface area contributed by atoms with Gasteiger partial charge in [0.25, 0.3) is 5.91 Å². The van der Waals surface area contributed by atoms with Crippen molar-refractivity contribution < 1.29 is 23.7 Å². The first-order valence-electron chi connectivity index (χ1n) is 9.35. The van der Waals surface area contributed by atoms with Crippen LogP contribution in [0.1, 0.15) is 5.56 Å². The van der Waals surface area contributed by atoms with E-state index in [0.717, 1.165) is 11.3 Å². The first kappa shape index (κ1) is 18.7. The van der Waals surface area contributed by atoms with Crippen LogP contribution in [0.25, 0.3) is 0 Å². The number of ether oxygens (including phenoxy) is 4. The molecule has 1 aliphatic heterocycles. The average Bonchev–Trinajstić information content (AvgIpc) is 2.77. The highest BCUT2D eigenvalue weighted by Gasteiger charge is 2.13. The molecule has 1 heterocycles. The number of benzene rings is 3. The van der Waals surface area contributed by atoms with Gasteiger partial charge in [0.1, 0.15) is 31.3 Å². The molecule has 6 heteroatoms. The van der Waals surface area contributed by atoms with E-state index in [1.54, 1.807) is 30.3 Å². The summed E-state index contributed by atoms with van der Waals surface area (Å²) in [5, 5.41) is 2.79. The van der Waals surface area contributed by atoms with Gasteiger partial charge in [-0.15, -0.1) is 0 Å². The highest BCUT2D eigenvalue weighted by Crippen LogP contribution is 2.32. The third-order valence-corrected chi connectivity index (χ3v) is 4.27. The molecule has 29 heavy (non-hydrogen) atoms. The topological polar surface area (TPSA) is 66.0 Å². The van der Waals surface area contributed by atoms with Crippen molar-refractivity contribution in [2.75, 3.05) is 25.1 Å². The monoisotopic (exact) mass is 391 g/mol. The predicted octanol–water partition coefficient (Wildman–Crippen LogP) is 4.05. The smallest absolute Gasteiger partial charge is 0.262 e. The van der Waals surface area contributed by atoms with Crippen LogP contribution in [-0.2, 0) is 11.4 Å². The van der Waals surface area contributed by atoms with Crippen LogP contribution in [0.4, 0.5) is 5.69 Å². The number of amides is 1. The van der Waals surface area contributed by atoms with E-state index < -0.39 is 0 Å². The summed E-state index contributed by atoms with van der Waals surface area (Å²) in [6, 6.07) is 22.4. The van der Waals surface area contributed by atoms with Crippen molar-refractivity contribution in [2.24, 2.45) is 0 Å². The van der Waals surface area contributed by atoms with Crippen LogP contribution in [0.2, 0.25) is 0 Å². The lowest BCUT2D eigenvalue weighted by Crippen LogP contribution is -2.20. The third-order valence-electron chi connectivity index (χ3n) is 4.27. The van der Waals surface area contributed by atoms with E-state index in [1.807, 2.05) is 42.5 Å². The first-order valence-corrected chi connectivity index (χ1v) is 9.35. The van der Waals surface area contributed by atoms with Crippen LogP contribution in [-0.4, -0.2) is 25.7 Å². The van der Waals surface area contributed by atoms with Crippen molar-refractivity contribution in [2.45, 2.75) is 6.61 Å². The number of hydrogen-bond donors (Lipinski definition) is 1. The molecule has 0 fully saturated rings. The van der Waals surface area contributed by atoms with Gasteiger partial charge < -0.3 is 24.3 Å². The van der Waals surface area contributed by atoms with Crippen molar-refractivity contribution in [1.82, 2.24) is 0 Å². The number of nitrogens with one attached hydrogen (secondary N) is 1. The highest BCUT2D eigenvalue weighted by atomic mass is 16.6. The number of carbonyl (C=O) groups excluding carboxylic acids is 1. The summed E-state index contributed by atoms with van der Waals surface area (Å²) < 4.78 is 22.3. The maximum atomic E-state index is 12.1. The summed E-state index contributed by atoms with van der Waals surface area (Å²) in [5.74, 6) is 2.38. The number of hydrogen-bond acceptors (Lipinski definition) is 5. The molecule has 0 aromatic heterocycles. The minimum atomic E-state index is -0.258. The lowest BCUT2D eigenvalue weighted by Gasteiger charge is -2.19. The molecule has 3 aromatic rings. The lowest BCUT2D eigenvalue weighted by atomic mass is 10.2. The van der Waals surface area contributed by atoms with E-state index in [-0.39, 0.29) is 12.5 Å². The Hall–Kier alpha value is -3.67. The van der Waals surface area contributed by atoms with Crippen LogP contribution in [0.5, 0.6) is 23.0 Å².